The fourth-order valence-corrected chi connectivity index (χ4v) is 2.82. The summed E-state index contributed by atoms with van der Waals surface area (Å²) in [6.07, 6.45) is -10.0. The summed E-state index contributed by atoms with van der Waals surface area (Å²) in [5, 5.41) is 15.1. The zero-order valence-corrected chi connectivity index (χ0v) is 14.4. The van der Waals surface area contributed by atoms with Crippen LogP contribution in [0.25, 0.3) is 10.7 Å². The van der Waals surface area contributed by atoms with Crippen molar-refractivity contribution < 1.29 is 31.1 Å². The number of anilines is 1. The van der Waals surface area contributed by atoms with Crippen LogP contribution in [-0.2, 0) is 23.7 Å². The van der Waals surface area contributed by atoms with Gasteiger partial charge < -0.3 is 5.32 Å². The zero-order chi connectivity index (χ0) is 20.5. The van der Waals surface area contributed by atoms with E-state index in [4.69, 9.17) is 0 Å². The van der Waals surface area contributed by atoms with Crippen molar-refractivity contribution in [2.75, 3.05) is 5.32 Å². The molecule has 6 nitrogen and oxygen atoms in total. The van der Waals surface area contributed by atoms with Gasteiger partial charge in [-0.05, 0) is 34.9 Å². The highest BCUT2D eigenvalue weighted by Crippen LogP contribution is 2.37. The number of alkyl halides is 6. The maximum Gasteiger partial charge on any atom is 0.416 e. The number of nitrogens with zero attached hydrogens (tertiary/aromatic N) is 4. The molecule has 2 heterocycles. The van der Waals surface area contributed by atoms with Crippen LogP contribution >= 0.6 is 11.3 Å². The molecule has 0 aliphatic carbocycles. The summed E-state index contributed by atoms with van der Waals surface area (Å²) in [4.78, 5) is 13.6. The van der Waals surface area contributed by atoms with E-state index >= 15 is 0 Å². The van der Waals surface area contributed by atoms with Crippen LogP contribution in [0.15, 0.2) is 35.7 Å². The van der Waals surface area contributed by atoms with Crippen LogP contribution < -0.4 is 5.32 Å². The van der Waals surface area contributed by atoms with Crippen LogP contribution in [0.5, 0.6) is 0 Å². The van der Waals surface area contributed by atoms with Crippen molar-refractivity contribution in [1.29, 1.82) is 0 Å². The first-order valence-electron chi connectivity index (χ1n) is 7.43. The van der Waals surface area contributed by atoms with E-state index < -0.39 is 41.6 Å². The highest BCUT2D eigenvalue weighted by atomic mass is 32.1. The van der Waals surface area contributed by atoms with Crippen LogP contribution in [0.1, 0.15) is 11.1 Å². The van der Waals surface area contributed by atoms with E-state index in [9.17, 15) is 31.1 Å². The van der Waals surface area contributed by atoms with Gasteiger partial charge in [0.25, 0.3) is 0 Å². The Morgan fingerprint density at radius 1 is 1.07 bits per heavy atom. The van der Waals surface area contributed by atoms with Gasteiger partial charge in [0.05, 0.1) is 16.0 Å². The number of amides is 1. The second-order valence-electron chi connectivity index (χ2n) is 5.46. The first-order valence-corrected chi connectivity index (χ1v) is 8.31. The lowest BCUT2D eigenvalue weighted by atomic mass is 10.1. The van der Waals surface area contributed by atoms with Crippen LogP contribution in [-0.4, -0.2) is 26.1 Å². The standard InChI is InChI=1S/C15H9F6N5OS/c16-14(17,18)8-4-9(15(19,20)21)6-10(5-8)22-12(27)7-26-24-13(23-25-26)11-2-1-3-28-11/h1-6H,7H2,(H,22,27). The van der Waals surface area contributed by atoms with Crippen molar-refractivity contribution in [2.24, 2.45) is 0 Å². The largest absolute Gasteiger partial charge is 0.416 e. The molecular weight excluding hydrogens is 412 g/mol. The number of aromatic nitrogens is 4. The molecule has 0 saturated carbocycles. The summed E-state index contributed by atoms with van der Waals surface area (Å²) in [5.41, 5.74) is -3.71. The minimum Gasteiger partial charge on any atom is -0.324 e. The van der Waals surface area contributed by atoms with Gasteiger partial charge in [-0.1, -0.05) is 6.07 Å². The third-order valence-electron chi connectivity index (χ3n) is 3.35. The number of carbonyl (C=O) groups is 1. The predicted molar refractivity (Wildman–Crippen MR) is 86.2 cm³/mol. The minimum absolute atomic E-state index is 0.0259. The van der Waals surface area contributed by atoms with Crippen molar-refractivity contribution in [1.82, 2.24) is 20.2 Å². The molecule has 148 valence electrons. The van der Waals surface area contributed by atoms with E-state index in [0.717, 1.165) is 4.80 Å². The highest BCUT2D eigenvalue weighted by molar-refractivity contribution is 7.13. The number of thiophene rings is 1. The summed E-state index contributed by atoms with van der Waals surface area (Å²) in [6.45, 7) is -0.546. The lowest BCUT2D eigenvalue weighted by Gasteiger charge is -2.14. The Morgan fingerprint density at radius 3 is 2.25 bits per heavy atom. The Balaban J connectivity index is 1.78. The van der Waals surface area contributed by atoms with Crippen LogP contribution in [0.3, 0.4) is 0 Å². The summed E-state index contributed by atoms with van der Waals surface area (Å²) in [7, 11) is 0. The average molecular weight is 421 g/mol. The van der Waals surface area contributed by atoms with Crippen molar-refractivity contribution in [3.05, 3.63) is 46.8 Å². The third-order valence-corrected chi connectivity index (χ3v) is 4.22. The Morgan fingerprint density at radius 2 is 1.71 bits per heavy atom. The molecule has 13 heteroatoms. The van der Waals surface area contributed by atoms with Gasteiger partial charge in [-0.2, -0.15) is 31.1 Å². The number of carbonyl (C=O) groups excluding carboxylic acids is 1. The molecule has 0 aliphatic rings. The van der Waals surface area contributed by atoms with Gasteiger partial charge in [-0.15, -0.1) is 21.5 Å². The summed E-state index contributed by atoms with van der Waals surface area (Å²) in [6, 6.07) is 4.27. The normalized spacial score (nSPS) is 12.2. The Kier molecular flexibility index (Phi) is 5.10. The molecule has 0 saturated heterocycles. The van der Waals surface area contributed by atoms with E-state index in [0.29, 0.717) is 17.0 Å². The molecule has 0 spiro atoms. The number of halogens is 6. The molecule has 3 rings (SSSR count). The van der Waals surface area contributed by atoms with Gasteiger partial charge in [0, 0.05) is 5.69 Å². The molecule has 1 N–H and O–H groups in total. The van der Waals surface area contributed by atoms with E-state index in [-0.39, 0.29) is 11.9 Å². The average Bonchev–Trinajstić information content (AvgIpc) is 3.23. The summed E-state index contributed by atoms with van der Waals surface area (Å²) in [5.74, 6) is -0.677. The SMILES string of the molecule is O=C(Cn1nnc(-c2cccs2)n1)Nc1cc(C(F)(F)F)cc(C(F)(F)F)c1. The van der Waals surface area contributed by atoms with E-state index in [1.165, 1.54) is 11.3 Å². The third kappa shape index (κ3) is 4.65. The van der Waals surface area contributed by atoms with Crippen LogP contribution in [0, 0.1) is 0 Å². The Labute approximate surface area is 156 Å². The molecule has 2 aromatic heterocycles. The van der Waals surface area contributed by atoms with Gasteiger partial charge in [-0.25, -0.2) is 0 Å². The second kappa shape index (κ2) is 7.22. The number of benzene rings is 1. The number of nitrogens with one attached hydrogen (secondary N) is 1. The molecule has 0 bridgehead atoms. The topological polar surface area (TPSA) is 72.7 Å². The quantitative estimate of drug-likeness (QED) is 0.645. The molecular formula is C15H9F6N5OS. The second-order valence-corrected chi connectivity index (χ2v) is 6.41. The van der Waals surface area contributed by atoms with Crippen molar-refractivity contribution in [2.45, 2.75) is 18.9 Å². The zero-order valence-electron chi connectivity index (χ0n) is 13.5. The van der Waals surface area contributed by atoms with Gasteiger partial charge in [0.1, 0.15) is 6.54 Å². The lowest BCUT2D eigenvalue weighted by molar-refractivity contribution is -0.143. The van der Waals surface area contributed by atoms with E-state index in [2.05, 4.69) is 15.4 Å². The highest BCUT2D eigenvalue weighted by Gasteiger charge is 2.37. The Hall–Kier alpha value is -2.96. The first kappa shape index (κ1) is 19.8. The molecule has 0 atom stereocenters. The number of rotatable bonds is 4. The monoisotopic (exact) mass is 421 g/mol. The van der Waals surface area contributed by atoms with Crippen molar-refractivity contribution in [3.8, 4) is 10.7 Å². The van der Waals surface area contributed by atoms with E-state index in [1.54, 1.807) is 17.5 Å². The van der Waals surface area contributed by atoms with Gasteiger partial charge in [0.15, 0.2) is 0 Å². The minimum atomic E-state index is -5.01. The van der Waals surface area contributed by atoms with Crippen LogP contribution in [0.4, 0.5) is 32.0 Å². The number of hydrogen-bond acceptors (Lipinski definition) is 5. The molecule has 1 aromatic carbocycles. The van der Waals surface area contributed by atoms with Gasteiger partial charge in [0.2, 0.25) is 11.7 Å². The fraction of sp³-hybridized carbons (Fsp3) is 0.200. The lowest BCUT2D eigenvalue weighted by Crippen LogP contribution is -2.21. The molecule has 0 fully saturated rings. The fourth-order valence-electron chi connectivity index (χ4n) is 2.17. The molecule has 0 aliphatic heterocycles. The summed E-state index contributed by atoms with van der Waals surface area (Å²) >= 11 is 1.33. The van der Waals surface area contributed by atoms with Crippen LogP contribution in [0.2, 0.25) is 0 Å². The molecule has 0 unspecified atom stereocenters. The summed E-state index contributed by atoms with van der Waals surface area (Å²) < 4.78 is 77.1. The molecule has 0 radical (unpaired) electrons. The van der Waals surface area contributed by atoms with Gasteiger partial charge in [-0.3, -0.25) is 4.79 Å². The maximum absolute atomic E-state index is 12.8. The number of tetrazole rings is 1. The predicted octanol–water partition coefficient (Wildman–Crippen LogP) is 4.08. The Bertz CT molecular complexity index is 947. The molecule has 3 aromatic rings. The molecule has 28 heavy (non-hydrogen) atoms. The number of hydrogen-bond donors (Lipinski definition) is 1. The van der Waals surface area contributed by atoms with E-state index in [1.807, 2.05) is 5.32 Å². The van der Waals surface area contributed by atoms with Gasteiger partial charge >= 0.3 is 12.4 Å². The smallest absolute Gasteiger partial charge is 0.324 e. The van der Waals surface area contributed by atoms with Crippen molar-refractivity contribution >= 4 is 22.9 Å². The molecule has 1 amide bonds. The first-order chi connectivity index (χ1) is 13.0. The maximum atomic E-state index is 12.8. The van der Waals surface area contributed by atoms with Crippen molar-refractivity contribution in [3.63, 3.8) is 0 Å².